The van der Waals surface area contributed by atoms with Crippen molar-refractivity contribution in [1.29, 1.82) is 5.41 Å². The topological polar surface area (TPSA) is 125 Å². The molecule has 0 fully saturated rings. The molecule has 1 heterocycles. The molecular weight excluding hydrogens is 570 g/mol. The molecular formula is C37H25NO5S. The number of hydrogen-bond donors (Lipinski definition) is 6. The minimum atomic E-state index is -0.985. The van der Waals surface area contributed by atoms with Gasteiger partial charge in [-0.25, -0.2) is 0 Å². The van der Waals surface area contributed by atoms with Crippen LogP contribution >= 0.6 is 11.3 Å². The molecule has 6 aromatic carbocycles. The molecule has 7 rings (SSSR count). The molecule has 44 heavy (non-hydrogen) atoms. The van der Waals surface area contributed by atoms with Crippen molar-refractivity contribution in [2.75, 3.05) is 0 Å². The van der Waals surface area contributed by atoms with Gasteiger partial charge in [-0.15, -0.1) is 11.3 Å². The summed E-state index contributed by atoms with van der Waals surface area (Å²) in [6, 6.07) is 36.1. The van der Waals surface area contributed by atoms with Crippen LogP contribution in [0.1, 0.15) is 5.56 Å². The van der Waals surface area contributed by atoms with Crippen molar-refractivity contribution in [2.24, 2.45) is 0 Å². The molecule has 7 heteroatoms. The van der Waals surface area contributed by atoms with E-state index < -0.39 is 28.7 Å². The Morgan fingerprint density at radius 3 is 1.55 bits per heavy atom. The lowest BCUT2D eigenvalue weighted by Gasteiger charge is -2.13. The average molecular weight is 596 g/mol. The van der Waals surface area contributed by atoms with E-state index in [1.165, 1.54) is 15.6 Å². The summed E-state index contributed by atoms with van der Waals surface area (Å²) in [6.07, 6.45) is 1.42. The maximum atomic E-state index is 10.3. The van der Waals surface area contributed by atoms with E-state index in [9.17, 15) is 25.5 Å². The highest BCUT2D eigenvalue weighted by atomic mass is 32.1. The minimum absolute atomic E-state index is 0.180. The predicted octanol–water partition coefficient (Wildman–Crippen LogP) is 9.25. The van der Waals surface area contributed by atoms with Gasteiger partial charge in [0, 0.05) is 32.0 Å². The molecule has 7 aromatic rings. The van der Waals surface area contributed by atoms with Crippen molar-refractivity contribution in [3.8, 4) is 73.3 Å². The maximum absolute atomic E-state index is 10.3. The number of nitrogens with one attached hydrogen (secondary N) is 1. The van der Waals surface area contributed by atoms with Crippen molar-refractivity contribution in [1.82, 2.24) is 0 Å². The number of fused-ring (bicyclic) bond motifs is 3. The van der Waals surface area contributed by atoms with E-state index in [1.54, 1.807) is 35.6 Å². The average Bonchev–Trinajstić information content (AvgIpc) is 3.45. The zero-order valence-electron chi connectivity index (χ0n) is 23.1. The van der Waals surface area contributed by atoms with E-state index in [4.69, 9.17) is 5.41 Å². The summed E-state index contributed by atoms with van der Waals surface area (Å²) in [6.45, 7) is 0. The molecule has 6 nitrogen and oxygen atoms in total. The third-order valence-electron chi connectivity index (χ3n) is 7.97. The molecule has 0 atom stereocenters. The first-order valence-electron chi connectivity index (χ1n) is 13.8. The molecule has 6 N–H and O–H groups in total. The quantitative estimate of drug-likeness (QED) is 0.0672. The van der Waals surface area contributed by atoms with E-state index in [0.717, 1.165) is 49.7 Å². The van der Waals surface area contributed by atoms with Crippen LogP contribution in [-0.2, 0) is 0 Å². The zero-order valence-corrected chi connectivity index (χ0v) is 23.9. The van der Waals surface area contributed by atoms with Gasteiger partial charge in [-0.3, -0.25) is 0 Å². The highest BCUT2D eigenvalue weighted by molar-refractivity contribution is 7.25. The first-order valence-corrected chi connectivity index (χ1v) is 14.6. The van der Waals surface area contributed by atoms with Crippen LogP contribution in [0.3, 0.4) is 0 Å². The van der Waals surface area contributed by atoms with Gasteiger partial charge in [-0.2, -0.15) is 0 Å². The lowest BCUT2D eigenvalue weighted by Crippen LogP contribution is -1.86. The summed E-state index contributed by atoms with van der Waals surface area (Å²) < 4.78 is 2.38. The van der Waals surface area contributed by atoms with E-state index in [2.05, 4.69) is 60.7 Å². The second-order valence-corrected chi connectivity index (χ2v) is 11.6. The van der Waals surface area contributed by atoms with Crippen molar-refractivity contribution in [3.63, 3.8) is 0 Å². The lowest BCUT2D eigenvalue weighted by molar-refractivity contribution is 0.330. The van der Waals surface area contributed by atoms with Gasteiger partial charge < -0.3 is 30.9 Å². The number of thiophene rings is 1. The Hall–Kier alpha value is -5.79. The number of rotatable bonds is 5. The van der Waals surface area contributed by atoms with Gasteiger partial charge in [-0.05, 0) is 63.2 Å². The summed E-state index contributed by atoms with van der Waals surface area (Å²) in [5, 5.41) is 60.1. The molecule has 0 aliphatic rings. The van der Waals surface area contributed by atoms with Gasteiger partial charge in [0.15, 0.2) is 11.5 Å². The van der Waals surface area contributed by atoms with Crippen LogP contribution in [0, 0.1) is 5.41 Å². The lowest BCUT2D eigenvalue weighted by atomic mass is 9.95. The van der Waals surface area contributed by atoms with Gasteiger partial charge in [0.2, 0.25) is 17.2 Å². The van der Waals surface area contributed by atoms with Gasteiger partial charge >= 0.3 is 0 Å². The van der Waals surface area contributed by atoms with E-state index >= 15 is 0 Å². The summed E-state index contributed by atoms with van der Waals surface area (Å²) >= 11 is 1.74. The van der Waals surface area contributed by atoms with Gasteiger partial charge in [0.25, 0.3) is 0 Å². The molecule has 214 valence electrons. The summed E-state index contributed by atoms with van der Waals surface area (Å²) in [5.41, 5.74) is 7.30. The molecule has 0 saturated carbocycles. The van der Waals surface area contributed by atoms with Crippen LogP contribution in [-0.4, -0.2) is 31.7 Å². The molecule has 0 aliphatic carbocycles. The van der Waals surface area contributed by atoms with Crippen molar-refractivity contribution in [2.45, 2.75) is 0 Å². The molecule has 0 aliphatic heterocycles. The molecule has 0 unspecified atom stereocenters. The second kappa shape index (κ2) is 10.5. The van der Waals surface area contributed by atoms with E-state index in [0.29, 0.717) is 5.56 Å². The molecule has 0 radical (unpaired) electrons. The molecule has 0 saturated heterocycles. The number of phenols is 5. The SMILES string of the molecule is N=Cc1cccc2sc3ccc(-c4cccc(-c5ccc(-c6ccc(-c7c(O)c(O)c(O)c(O)c7O)cc6)cc5)c4)cc3c12. The Morgan fingerprint density at radius 1 is 0.455 bits per heavy atom. The highest BCUT2D eigenvalue weighted by Gasteiger charge is 2.24. The summed E-state index contributed by atoms with van der Waals surface area (Å²) in [7, 11) is 0. The Balaban J connectivity index is 1.18. The fourth-order valence-electron chi connectivity index (χ4n) is 5.68. The second-order valence-electron chi connectivity index (χ2n) is 10.5. The van der Waals surface area contributed by atoms with Crippen molar-refractivity contribution in [3.05, 3.63) is 115 Å². The van der Waals surface area contributed by atoms with Crippen LogP contribution in [0.2, 0.25) is 0 Å². The van der Waals surface area contributed by atoms with Crippen LogP contribution < -0.4 is 0 Å². The fourth-order valence-corrected chi connectivity index (χ4v) is 6.80. The number of hydrogen-bond acceptors (Lipinski definition) is 7. The van der Waals surface area contributed by atoms with Crippen LogP contribution in [0.15, 0.2) is 109 Å². The first-order chi connectivity index (χ1) is 21.3. The third-order valence-corrected chi connectivity index (χ3v) is 9.11. The highest BCUT2D eigenvalue weighted by Crippen LogP contribution is 2.54. The number of phenolic OH excluding ortho intramolecular Hbond substituents is 5. The smallest absolute Gasteiger partial charge is 0.208 e. The Bertz CT molecular complexity index is 2210. The van der Waals surface area contributed by atoms with Crippen LogP contribution in [0.4, 0.5) is 0 Å². The molecule has 1 aromatic heterocycles. The Kier molecular flexibility index (Phi) is 6.45. The van der Waals surface area contributed by atoms with Gasteiger partial charge in [-0.1, -0.05) is 84.9 Å². The summed E-state index contributed by atoms with van der Waals surface area (Å²) in [5.74, 6) is -4.25. The van der Waals surface area contributed by atoms with Crippen molar-refractivity contribution < 1.29 is 25.5 Å². The van der Waals surface area contributed by atoms with Gasteiger partial charge in [0.1, 0.15) is 0 Å². The predicted molar refractivity (Wildman–Crippen MR) is 177 cm³/mol. The first kappa shape index (κ1) is 27.1. The fraction of sp³-hybridized carbons (Fsp3) is 0. The molecule has 0 amide bonds. The maximum Gasteiger partial charge on any atom is 0.208 e. The Labute approximate surface area is 256 Å². The van der Waals surface area contributed by atoms with Crippen LogP contribution in [0.25, 0.3) is 64.7 Å². The number of benzene rings is 6. The van der Waals surface area contributed by atoms with Crippen LogP contribution in [0.5, 0.6) is 28.7 Å². The van der Waals surface area contributed by atoms with Crippen molar-refractivity contribution >= 4 is 37.7 Å². The molecule has 0 bridgehead atoms. The third kappa shape index (κ3) is 4.38. The normalized spacial score (nSPS) is 11.3. The van der Waals surface area contributed by atoms with E-state index in [-0.39, 0.29) is 5.56 Å². The zero-order chi connectivity index (χ0) is 30.5. The largest absolute Gasteiger partial charge is 0.504 e. The monoisotopic (exact) mass is 595 g/mol. The Morgan fingerprint density at radius 2 is 0.932 bits per heavy atom. The minimum Gasteiger partial charge on any atom is -0.504 e. The standard InChI is InChI=1S/C37H25NO5S/c38-19-27-5-2-6-30-31(27)28-18-26(15-16-29(28)44-30)25-4-1-3-24(17-25)22-9-7-20(8-10-22)21-11-13-23(14-12-21)32-33(39)35(41)37(43)36(42)34(32)40/h1-19,38-43H. The van der Waals surface area contributed by atoms with E-state index in [1.807, 2.05) is 24.3 Å². The van der Waals surface area contributed by atoms with Gasteiger partial charge in [0.05, 0.1) is 5.56 Å². The summed E-state index contributed by atoms with van der Waals surface area (Å²) in [4.78, 5) is 0. The molecule has 0 spiro atoms. The number of aromatic hydroxyl groups is 5.